The third-order valence-corrected chi connectivity index (χ3v) is 9.41. The predicted octanol–water partition coefficient (Wildman–Crippen LogP) is -1.90. The van der Waals surface area contributed by atoms with Crippen LogP contribution in [0.2, 0.25) is 0 Å². The van der Waals surface area contributed by atoms with Crippen molar-refractivity contribution in [2.45, 2.75) is 99.4 Å². The highest BCUT2D eigenvalue weighted by Gasteiger charge is 2.77. The van der Waals surface area contributed by atoms with Gasteiger partial charge in [-0.05, 0) is 24.6 Å². The second-order valence-electron chi connectivity index (χ2n) is 12.4. The maximum Gasteiger partial charge on any atom is 0.331 e. The molecular weight excluding hydrogens is 640 g/mol. The van der Waals surface area contributed by atoms with Crippen LogP contribution in [0.25, 0.3) is 6.08 Å². The minimum atomic E-state index is -1.70. The van der Waals surface area contributed by atoms with E-state index in [0.29, 0.717) is 0 Å². The van der Waals surface area contributed by atoms with Crippen molar-refractivity contribution in [3.63, 3.8) is 0 Å². The fraction of sp³-hybridized carbons (Fsp3) is 0.625. The molecule has 16 atom stereocenters. The van der Waals surface area contributed by atoms with Crippen LogP contribution in [0.15, 0.2) is 48.7 Å². The Balaban J connectivity index is 1.16. The van der Waals surface area contributed by atoms with Crippen LogP contribution in [-0.4, -0.2) is 141 Å². The molecular formula is C32H40O16. The monoisotopic (exact) mass is 680 g/mol. The molecule has 16 nitrogen and oxygen atoms in total. The lowest BCUT2D eigenvalue weighted by Crippen LogP contribution is -2.61. The molecule has 1 aromatic rings. The average Bonchev–Trinajstić information content (AvgIpc) is 3.75. The zero-order chi connectivity index (χ0) is 34.3. The molecule has 48 heavy (non-hydrogen) atoms. The zero-order valence-corrected chi connectivity index (χ0v) is 26.0. The maximum absolute atomic E-state index is 12.7. The summed E-state index contributed by atoms with van der Waals surface area (Å²) in [6, 6.07) is 9.04. The molecule has 1 aromatic carbocycles. The Kier molecular flexibility index (Phi) is 10.2. The van der Waals surface area contributed by atoms with Crippen molar-refractivity contribution >= 4 is 18.0 Å². The number of benzene rings is 1. The van der Waals surface area contributed by atoms with Crippen molar-refractivity contribution < 1.29 is 78.1 Å². The van der Waals surface area contributed by atoms with E-state index >= 15 is 0 Å². The molecule has 6 N–H and O–H groups in total. The third kappa shape index (κ3) is 6.50. The average molecular weight is 681 g/mol. The van der Waals surface area contributed by atoms with E-state index in [9.17, 15) is 40.2 Å². The number of carbonyl (C=O) groups excluding carboxylic acids is 2. The molecule has 3 saturated heterocycles. The van der Waals surface area contributed by atoms with Crippen molar-refractivity contribution in [3.05, 3.63) is 54.3 Å². The number of fused-ring (bicyclic) bond motifs is 3. The van der Waals surface area contributed by atoms with E-state index in [-0.39, 0.29) is 0 Å². The smallest absolute Gasteiger partial charge is 0.331 e. The molecule has 5 aliphatic rings. The van der Waals surface area contributed by atoms with Crippen LogP contribution in [0.1, 0.15) is 19.4 Å². The largest absolute Gasteiger partial charge is 0.472 e. The molecule has 264 valence electrons. The molecule has 0 spiro atoms. The summed E-state index contributed by atoms with van der Waals surface area (Å²) in [4.78, 5) is 24.8. The molecule has 6 rings (SSSR count). The lowest BCUT2D eigenvalue weighted by atomic mass is 9.85. The number of ether oxygens (including phenoxy) is 8. The molecule has 1 aliphatic carbocycles. The number of aliphatic hydroxyl groups excluding tert-OH is 6. The van der Waals surface area contributed by atoms with Crippen molar-refractivity contribution in [2.24, 2.45) is 11.8 Å². The van der Waals surface area contributed by atoms with E-state index < -0.39 is 122 Å². The first-order valence-electron chi connectivity index (χ1n) is 15.7. The van der Waals surface area contributed by atoms with Crippen LogP contribution in [-0.2, 0) is 47.5 Å². The number of esters is 2. The fourth-order valence-electron chi connectivity index (χ4n) is 6.96. The number of epoxide rings is 1. The van der Waals surface area contributed by atoms with Crippen molar-refractivity contribution in [1.29, 1.82) is 0 Å². The molecule has 0 radical (unpaired) electrons. The van der Waals surface area contributed by atoms with Gasteiger partial charge in [0.25, 0.3) is 0 Å². The molecule has 4 aliphatic heterocycles. The summed E-state index contributed by atoms with van der Waals surface area (Å²) in [6.07, 6.45) is -11.3. The van der Waals surface area contributed by atoms with Gasteiger partial charge in [-0.1, -0.05) is 30.3 Å². The van der Waals surface area contributed by atoms with Crippen molar-refractivity contribution in [3.8, 4) is 0 Å². The van der Waals surface area contributed by atoms with E-state index in [2.05, 4.69) is 0 Å². The standard InChI is InChI=1S/C32H40O16/c1-14-25(45-19(36)9-8-16-6-4-3-5-7-16)27(43-15(2)35)24(40)31(42-14)46-26-17-10-11-41-29(20(17)32(13-34)28(26)48-32)47-30-23(39)22(38)21(37)18(12-33)44-30/h3-11,14,17-18,20-31,33-34,37-40H,12-13H2,1-2H3/t14-,17+,18+,20+,21+,22-,23+,24+,25-,26-,27-,28-,29-,30-,31-,32+/m0/s1. The second-order valence-corrected chi connectivity index (χ2v) is 12.4. The molecule has 1 saturated carbocycles. The summed E-state index contributed by atoms with van der Waals surface area (Å²) >= 11 is 0. The molecule has 16 heteroatoms. The SMILES string of the molecule is CC(=O)O[C@H]1[C@@H](O)[C@H](O[C@H]2[C@@H]3C=CO[C@@H](O[C@@H]4O[C@H](CO)[C@@H](O)[C@H](O)[C@H]4O)[C@@H]3[C@@]3(CO)O[C@@H]23)O[C@@H](C)[C@@H]1OC(=O)C=Cc1ccccc1. The summed E-state index contributed by atoms with van der Waals surface area (Å²) in [5.74, 6) is -2.82. The highest BCUT2D eigenvalue weighted by molar-refractivity contribution is 5.87. The molecule has 0 amide bonds. The lowest BCUT2D eigenvalue weighted by molar-refractivity contribution is -0.347. The maximum atomic E-state index is 12.7. The number of aliphatic hydroxyl groups is 6. The van der Waals surface area contributed by atoms with Gasteiger partial charge in [0.15, 0.2) is 24.8 Å². The van der Waals surface area contributed by atoms with Crippen LogP contribution in [0, 0.1) is 11.8 Å². The molecule has 0 aromatic heterocycles. The lowest BCUT2D eigenvalue weighted by Gasteiger charge is -2.44. The predicted molar refractivity (Wildman–Crippen MR) is 157 cm³/mol. The molecule has 4 fully saturated rings. The summed E-state index contributed by atoms with van der Waals surface area (Å²) < 4.78 is 46.2. The van der Waals surface area contributed by atoms with E-state index in [1.54, 1.807) is 31.2 Å². The molecule has 0 unspecified atom stereocenters. The minimum Gasteiger partial charge on any atom is -0.472 e. The first-order valence-corrected chi connectivity index (χ1v) is 15.7. The fourth-order valence-corrected chi connectivity index (χ4v) is 6.96. The van der Waals surface area contributed by atoms with Crippen LogP contribution in [0.5, 0.6) is 0 Å². The van der Waals surface area contributed by atoms with Gasteiger partial charge in [-0.15, -0.1) is 0 Å². The van der Waals surface area contributed by atoms with Gasteiger partial charge in [-0.3, -0.25) is 4.79 Å². The highest BCUT2D eigenvalue weighted by Crippen LogP contribution is 2.61. The second kappa shape index (κ2) is 14.1. The van der Waals surface area contributed by atoms with Crippen LogP contribution in [0.3, 0.4) is 0 Å². The van der Waals surface area contributed by atoms with E-state index in [1.807, 2.05) is 18.2 Å². The Morgan fingerprint density at radius 3 is 2.29 bits per heavy atom. The van der Waals surface area contributed by atoms with Gasteiger partial charge in [0, 0.05) is 18.9 Å². The summed E-state index contributed by atoms with van der Waals surface area (Å²) in [7, 11) is 0. The minimum absolute atomic E-state index is 0.487. The number of hydrogen-bond acceptors (Lipinski definition) is 16. The third-order valence-electron chi connectivity index (χ3n) is 9.41. The van der Waals surface area contributed by atoms with Crippen LogP contribution in [0.4, 0.5) is 0 Å². The quantitative estimate of drug-likeness (QED) is 0.0900. The Morgan fingerprint density at radius 1 is 0.875 bits per heavy atom. The van der Waals surface area contributed by atoms with E-state index in [4.69, 9.17) is 37.9 Å². The molecule has 4 heterocycles. The first-order chi connectivity index (χ1) is 23.0. The van der Waals surface area contributed by atoms with Gasteiger partial charge in [0.05, 0.1) is 37.6 Å². The van der Waals surface area contributed by atoms with E-state index in [0.717, 1.165) is 12.5 Å². The number of carbonyl (C=O) groups is 2. The van der Waals surface area contributed by atoms with Crippen molar-refractivity contribution in [1.82, 2.24) is 0 Å². The summed E-state index contributed by atoms with van der Waals surface area (Å²) in [5.41, 5.74) is -0.478. The van der Waals surface area contributed by atoms with Crippen molar-refractivity contribution in [2.75, 3.05) is 13.2 Å². The van der Waals surface area contributed by atoms with Gasteiger partial charge >= 0.3 is 11.9 Å². The van der Waals surface area contributed by atoms with Gasteiger partial charge in [-0.2, -0.15) is 0 Å². The number of rotatable bonds is 10. The summed E-state index contributed by atoms with van der Waals surface area (Å²) in [6.45, 7) is 1.57. The normalized spacial score (nSPS) is 44.8. The Labute approximate surface area is 275 Å². The topological polar surface area (TPSA) is 233 Å². The molecule has 0 bridgehead atoms. The first kappa shape index (κ1) is 34.8. The Hall–Kier alpha value is -3.00. The zero-order valence-electron chi connectivity index (χ0n) is 26.0. The van der Waals surface area contributed by atoms with Gasteiger partial charge < -0.3 is 68.5 Å². The summed E-state index contributed by atoms with van der Waals surface area (Å²) in [5, 5.41) is 62.2. The number of hydrogen-bond donors (Lipinski definition) is 6. The van der Waals surface area contributed by atoms with Gasteiger partial charge in [0.1, 0.15) is 42.2 Å². The van der Waals surface area contributed by atoms with Crippen LogP contribution >= 0.6 is 0 Å². The Bertz CT molecular complexity index is 1350. The highest BCUT2D eigenvalue weighted by atomic mass is 16.8. The van der Waals surface area contributed by atoms with Crippen LogP contribution < -0.4 is 0 Å². The Morgan fingerprint density at radius 2 is 1.60 bits per heavy atom. The van der Waals surface area contributed by atoms with Gasteiger partial charge in [0.2, 0.25) is 6.29 Å². The van der Waals surface area contributed by atoms with Gasteiger partial charge in [-0.25, -0.2) is 4.79 Å². The van der Waals surface area contributed by atoms with E-state index in [1.165, 1.54) is 12.3 Å².